The van der Waals surface area contributed by atoms with Crippen LogP contribution in [0.4, 0.5) is 0 Å². The molecule has 0 bridgehead atoms. The van der Waals surface area contributed by atoms with Crippen molar-refractivity contribution < 1.29 is 4.74 Å². The fourth-order valence-corrected chi connectivity index (χ4v) is 4.16. The summed E-state index contributed by atoms with van der Waals surface area (Å²) < 4.78 is 8.30. The second kappa shape index (κ2) is 8.13. The predicted octanol–water partition coefficient (Wildman–Crippen LogP) is 4.95. The quantitative estimate of drug-likeness (QED) is 0.632. The van der Waals surface area contributed by atoms with E-state index in [1.807, 2.05) is 25.1 Å². The summed E-state index contributed by atoms with van der Waals surface area (Å²) >= 11 is 0. The smallest absolute Gasteiger partial charge is 0.213 e. The molecule has 3 aromatic rings. The molecule has 1 aliphatic carbocycles. The molecule has 0 saturated heterocycles. The molecule has 1 aliphatic rings. The second-order valence-electron chi connectivity index (χ2n) is 7.67. The average Bonchev–Trinajstić information content (AvgIpc) is 3.10. The maximum atomic E-state index is 6.05. The van der Waals surface area contributed by atoms with Gasteiger partial charge in [-0.25, -0.2) is 4.98 Å². The van der Waals surface area contributed by atoms with E-state index >= 15 is 0 Å². The van der Waals surface area contributed by atoms with Crippen molar-refractivity contribution in [2.24, 2.45) is 0 Å². The molecule has 4 rings (SSSR count). The predicted molar refractivity (Wildman–Crippen MR) is 110 cm³/mol. The summed E-state index contributed by atoms with van der Waals surface area (Å²) in [6.45, 7) is 6.41. The van der Waals surface area contributed by atoms with Gasteiger partial charge < -0.3 is 4.74 Å². The average molecular weight is 377 g/mol. The molecule has 0 N–H and O–H groups in total. The van der Waals surface area contributed by atoms with E-state index in [-0.39, 0.29) is 6.10 Å². The number of hydrogen-bond acceptors (Lipinski definition) is 4. The first-order chi connectivity index (χ1) is 13.7. The monoisotopic (exact) mass is 376 g/mol. The molecule has 2 heterocycles. The van der Waals surface area contributed by atoms with E-state index in [0.717, 1.165) is 49.6 Å². The highest BCUT2D eigenvalue weighted by Crippen LogP contribution is 2.35. The first-order valence-electron chi connectivity index (χ1n) is 10.2. The van der Waals surface area contributed by atoms with Crippen molar-refractivity contribution >= 4 is 0 Å². The number of pyridine rings is 1. The third-order valence-corrected chi connectivity index (χ3v) is 5.72. The number of ether oxygens (including phenoxy) is 1. The van der Waals surface area contributed by atoms with Crippen molar-refractivity contribution in [1.29, 1.82) is 0 Å². The maximum Gasteiger partial charge on any atom is 0.213 e. The largest absolute Gasteiger partial charge is 0.474 e. The van der Waals surface area contributed by atoms with E-state index in [2.05, 4.69) is 51.8 Å². The van der Waals surface area contributed by atoms with Crippen LogP contribution < -0.4 is 4.74 Å². The molecule has 2 aromatic heterocycles. The molecule has 0 spiro atoms. The van der Waals surface area contributed by atoms with E-state index in [0.29, 0.717) is 5.92 Å². The normalized spacial score (nSPS) is 19.5. The Hall–Kier alpha value is -2.69. The lowest BCUT2D eigenvalue weighted by atomic mass is 9.86. The SMILES string of the molecule is CCc1ccc(-n2c(C)nnc2C2CCC(Oc3ccccn3)CC2)c(C)c1. The number of rotatable bonds is 5. The summed E-state index contributed by atoms with van der Waals surface area (Å²) in [7, 11) is 0. The number of hydrogen-bond donors (Lipinski definition) is 0. The Morgan fingerprint density at radius 2 is 1.86 bits per heavy atom. The van der Waals surface area contributed by atoms with Crippen molar-refractivity contribution in [3.63, 3.8) is 0 Å². The zero-order chi connectivity index (χ0) is 19.5. The number of aromatic nitrogens is 4. The van der Waals surface area contributed by atoms with Crippen LogP contribution >= 0.6 is 0 Å². The fourth-order valence-electron chi connectivity index (χ4n) is 4.16. The molecule has 1 saturated carbocycles. The zero-order valence-corrected chi connectivity index (χ0v) is 16.9. The Morgan fingerprint density at radius 3 is 2.54 bits per heavy atom. The van der Waals surface area contributed by atoms with Gasteiger partial charge in [-0.1, -0.05) is 25.1 Å². The summed E-state index contributed by atoms with van der Waals surface area (Å²) in [6, 6.07) is 12.5. The molecule has 0 unspecified atom stereocenters. The Kier molecular flexibility index (Phi) is 5.42. The standard InChI is InChI=1S/C23H28N4O/c1-4-18-8-13-21(16(2)15-18)27-17(3)25-26-23(27)19-9-11-20(12-10-19)28-22-7-5-6-14-24-22/h5-8,13-15,19-20H,4,9-12H2,1-3H3. The lowest BCUT2D eigenvalue weighted by Crippen LogP contribution is -2.25. The van der Waals surface area contributed by atoms with E-state index in [4.69, 9.17) is 4.74 Å². The van der Waals surface area contributed by atoms with Crippen LogP contribution in [-0.2, 0) is 6.42 Å². The summed E-state index contributed by atoms with van der Waals surface area (Å²) in [5.74, 6) is 3.17. The zero-order valence-electron chi connectivity index (χ0n) is 16.9. The van der Waals surface area contributed by atoms with Crippen LogP contribution in [0.25, 0.3) is 5.69 Å². The Labute approximate surface area is 166 Å². The van der Waals surface area contributed by atoms with Crippen molar-refractivity contribution in [2.45, 2.75) is 64.9 Å². The third-order valence-electron chi connectivity index (χ3n) is 5.72. The van der Waals surface area contributed by atoms with Crippen molar-refractivity contribution in [2.75, 3.05) is 0 Å². The third kappa shape index (κ3) is 3.79. The van der Waals surface area contributed by atoms with Crippen LogP contribution in [-0.4, -0.2) is 25.9 Å². The van der Waals surface area contributed by atoms with E-state index < -0.39 is 0 Å². The molecule has 5 nitrogen and oxygen atoms in total. The first-order valence-corrected chi connectivity index (χ1v) is 10.2. The van der Waals surface area contributed by atoms with Gasteiger partial charge in [-0.05, 0) is 69.2 Å². The summed E-state index contributed by atoms with van der Waals surface area (Å²) in [5.41, 5.74) is 3.83. The highest BCUT2D eigenvalue weighted by atomic mass is 16.5. The highest BCUT2D eigenvalue weighted by Gasteiger charge is 2.28. The van der Waals surface area contributed by atoms with Crippen LogP contribution in [0.3, 0.4) is 0 Å². The molecule has 5 heteroatoms. The van der Waals surface area contributed by atoms with Crippen LogP contribution in [0.2, 0.25) is 0 Å². The molecule has 0 amide bonds. The molecule has 1 aromatic carbocycles. The minimum absolute atomic E-state index is 0.231. The lowest BCUT2D eigenvalue weighted by molar-refractivity contribution is 0.139. The molecular formula is C23H28N4O. The summed E-state index contributed by atoms with van der Waals surface area (Å²) in [5, 5.41) is 8.98. The molecule has 0 aliphatic heterocycles. The van der Waals surface area contributed by atoms with E-state index in [1.54, 1.807) is 6.20 Å². The van der Waals surface area contributed by atoms with Gasteiger partial charge in [0, 0.05) is 18.2 Å². The molecule has 0 radical (unpaired) electrons. The molecule has 146 valence electrons. The second-order valence-corrected chi connectivity index (χ2v) is 7.67. The number of nitrogens with zero attached hydrogens (tertiary/aromatic N) is 4. The highest BCUT2D eigenvalue weighted by molar-refractivity contribution is 5.44. The van der Waals surface area contributed by atoms with Gasteiger partial charge in [0.05, 0.1) is 5.69 Å². The molecule has 1 fully saturated rings. The van der Waals surface area contributed by atoms with Gasteiger partial charge in [0.25, 0.3) is 0 Å². The fraction of sp³-hybridized carbons (Fsp3) is 0.435. The Balaban J connectivity index is 1.51. The minimum Gasteiger partial charge on any atom is -0.474 e. The van der Waals surface area contributed by atoms with Crippen LogP contribution in [0.5, 0.6) is 5.88 Å². The van der Waals surface area contributed by atoms with Gasteiger partial charge in [-0.3, -0.25) is 4.57 Å². The van der Waals surface area contributed by atoms with Crippen molar-refractivity contribution in [3.8, 4) is 11.6 Å². The summed E-state index contributed by atoms with van der Waals surface area (Å²) in [4.78, 5) is 4.28. The summed E-state index contributed by atoms with van der Waals surface area (Å²) in [6.07, 6.45) is 7.20. The molecule has 28 heavy (non-hydrogen) atoms. The molecular weight excluding hydrogens is 348 g/mol. The topological polar surface area (TPSA) is 52.8 Å². The van der Waals surface area contributed by atoms with E-state index in [1.165, 1.54) is 16.8 Å². The van der Waals surface area contributed by atoms with Gasteiger partial charge in [0.2, 0.25) is 5.88 Å². The van der Waals surface area contributed by atoms with E-state index in [9.17, 15) is 0 Å². The van der Waals surface area contributed by atoms with Gasteiger partial charge >= 0.3 is 0 Å². The molecule has 0 atom stereocenters. The van der Waals surface area contributed by atoms with Gasteiger partial charge in [-0.15, -0.1) is 10.2 Å². The van der Waals surface area contributed by atoms with Crippen LogP contribution in [0.15, 0.2) is 42.6 Å². The maximum absolute atomic E-state index is 6.05. The van der Waals surface area contributed by atoms with Crippen molar-refractivity contribution in [1.82, 2.24) is 19.7 Å². The van der Waals surface area contributed by atoms with Gasteiger partial charge in [-0.2, -0.15) is 0 Å². The number of benzene rings is 1. The van der Waals surface area contributed by atoms with Crippen LogP contribution in [0, 0.1) is 13.8 Å². The Bertz CT molecular complexity index is 927. The minimum atomic E-state index is 0.231. The van der Waals surface area contributed by atoms with Crippen molar-refractivity contribution in [3.05, 3.63) is 65.4 Å². The first kappa shape index (κ1) is 18.7. The van der Waals surface area contributed by atoms with Gasteiger partial charge in [0.15, 0.2) is 0 Å². The Morgan fingerprint density at radius 1 is 1.04 bits per heavy atom. The van der Waals surface area contributed by atoms with Crippen LogP contribution in [0.1, 0.15) is 61.3 Å². The number of aryl methyl sites for hydroxylation is 3. The van der Waals surface area contributed by atoms with Gasteiger partial charge in [0.1, 0.15) is 17.8 Å². The lowest BCUT2D eigenvalue weighted by Gasteiger charge is -2.28.